The Kier molecular flexibility index (Phi) is 5.32. The number of hydrogen-bond donors (Lipinski definition) is 3. The number of piperidine rings is 1. The summed E-state index contributed by atoms with van der Waals surface area (Å²) in [7, 11) is 0. The van der Waals surface area contributed by atoms with Crippen LogP contribution in [0.3, 0.4) is 0 Å². The lowest BCUT2D eigenvalue weighted by Gasteiger charge is -2.40. The predicted molar refractivity (Wildman–Crippen MR) is 104 cm³/mol. The number of nitrogens with two attached hydrogens (primary N) is 1. The molecule has 142 valence electrons. The molecule has 0 radical (unpaired) electrons. The van der Waals surface area contributed by atoms with Crippen LogP contribution >= 0.6 is 11.3 Å². The van der Waals surface area contributed by atoms with Gasteiger partial charge in [0.2, 0.25) is 0 Å². The van der Waals surface area contributed by atoms with Crippen LogP contribution in [0.25, 0.3) is 0 Å². The number of anilines is 1. The minimum Gasteiger partial charge on any atom is -0.365 e. The number of quaternary nitrogens is 1. The zero-order valence-corrected chi connectivity index (χ0v) is 16.3. The van der Waals surface area contributed by atoms with Gasteiger partial charge in [0.1, 0.15) is 5.00 Å². The smallest absolute Gasteiger partial charge is 0.280 e. The molecule has 3 aliphatic rings. The van der Waals surface area contributed by atoms with Gasteiger partial charge in [-0.15, -0.1) is 11.3 Å². The van der Waals surface area contributed by atoms with Crippen molar-refractivity contribution in [3.8, 4) is 0 Å². The van der Waals surface area contributed by atoms with E-state index >= 15 is 0 Å². The highest BCUT2D eigenvalue weighted by atomic mass is 32.1. The van der Waals surface area contributed by atoms with E-state index in [1.165, 1.54) is 48.3 Å². The molecule has 1 saturated carbocycles. The first-order valence-electron chi connectivity index (χ1n) is 10.2. The molecular formula is C20H30N3O2S+. The molecule has 5 nitrogen and oxygen atoms in total. The third kappa shape index (κ3) is 3.54. The van der Waals surface area contributed by atoms with Gasteiger partial charge in [-0.1, -0.05) is 6.42 Å². The first-order chi connectivity index (χ1) is 12.6. The summed E-state index contributed by atoms with van der Waals surface area (Å²) in [5, 5.41) is 3.74. The second-order valence-corrected chi connectivity index (χ2v) is 9.31. The van der Waals surface area contributed by atoms with Crippen LogP contribution in [-0.2, 0) is 17.6 Å². The fourth-order valence-electron chi connectivity index (χ4n) is 5.38. The number of thiophene rings is 1. The van der Waals surface area contributed by atoms with Crippen LogP contribution in [0.4, 0.5) is 5.00 Å². The van der Waals surface area contributed by atoms with Crippen molar-refractivity contribution < 1.29 is 14.5 Å². The van der Waals surface area contributed by atoms with Gasteiger partial charge in [-0.05, 0) is 63.4 Å². The highest BCUT2D eigenvalue weighted by Gasteiger charge is 2.37. The maximum absolute atomic E-state index is 12.8. The van der Waals surface area contributed by atoms with Gasteiger partial charge in [-0.3, -0.25) is 9.59 Å². The van der Waals surface area contributed by atoms with Gasteiger partial charge in [0.05, 0.1) is 18.2 Å². The Morgan fingerprint density at radius 1 is 1.08 bits per heavy atom. The van der Waals surface area contributed by atoms with Crippen LogP contribution in [0.15, 0.2) is 0 Å². The number of amides is 2. The van der Waals surface area contributed by atoms with Crippen molar-refractivity contribution in [1.29, 1.82) is 0 Å². The summed E-state index contributed by atoms with van der Waals surface area (Å²) >= 11 is 1.56. The molecule has 2 fully saturated rings. The zero-order valence-electron chi connectivity index (χ0n) is 15.4. The number of carbonyl (C=O) groups excluding carboxylic acids is 2. The normalized spacial score (nSPS) is 28.1. The summed E-state index contributed by atoms with van der Waals surface area (Å²) in [5.74, 6) is 0.431. The van der Waals surface area contributed by atoms with Crippen molar-refractivity contribution >= 4 is 28.2 Å². The molecular weight excluding hydrogens is 346 g/mol. The van der Waals surface area contributed by atoms with Gasteiger partial charge in [0, 0.05) is 10.8 Å². The highest BCUT2D eigenvalue weighted by molar-refractivity contribution is 7.17. The van der Waals surface area contributed by atoms with Crippen LogP contribution in [0.5, 0.6) is 0 Å². The number of likely N-dealkylation sites (tertiary alicyclic amines) is 1. The van der Waals surface area contributed by atoms with Crippen molar-refractivity contribution in [3.63, 3.8) is 0 Å². The standard InChI is InChI=1S/C20H29N3O2S/c21-19(25)18-14-8-2-4-10-16(14)26-20(18)22-17(24)12-23-11-5-7-13-6-1-3-9-15(13)23/h13,15H,1-12H2,(H2,21,25)(H,22,24)/p+1/t13-,15+/m1/s1. The quantitative estimate of drug-likeness (QED) is 0.751. The summed E-state index contributed by atoms with van der Waals surface area (Å²) in [6, 6.07) is 0.649. The van der Waals surface area contributed by atoms with E-state index in [1.807, 2.05) is 0 Å². The first-order valence-corrected chi connectivity index (χ1v) is 11.0. The Bertz CT molecular complexity index is 697. The molecule has 6 heteroatoms. The molecule has 26 heavy (non-hydrogen) atoms. The molecule has 2 amide bonds. The monoisotopic (exact) mass is 376 g/mol. The fourth-order valence-corrected chi connectivity index (χ4v) is 6.69. The number of rotatable bonds is 4. The van der Waals surface area contributed by atoms with E-state index in [0.29, 0.717) is 23.2 Å². The average molecular weight is 377 g/mol. The van der Waals surface area contributed by atoms with Gasteiger partial charge < -0.3 is 16.0 Å². The second-order valence-electron chi connectivity index (χ2n) is 8.21. The maximum atomic E-state index is 12.8. The Morgan fingerprint density at radius 3 is 2.69 bits per heavy atom. The molecule has 4 rings (SSSR count). The van der Waals surface area contributed by atoms with Gasteiger partial charge >= 0.3 is 0 Å². The van der Waals surface area contributed by atoms with E-state index in [1.54, 1.807) is 11.3 Å². The maximum Gasteiger partial charge on any atom is 0.280 e. The molecule has 1 aromatic rings. The molecule has 2 aliphatic carbocycles. The Labute approximate surface area is 159 Å². The van der Waals surface area contributed by atoms with Crippen molar-refractivity contribution in [2.45, 2.75) is 70.3 Å². The molecule has 0 bridgehead atoms. The Hall–Kier alpha value is -1.40. The van der Waals surface area contributed by atoms with Crippen molar-refractivity contribution in [3.05, 3.63) is 16.0 Å². The van der Waals surface area contributed by atoms with Crippen molar-refractivity contribution in [1.82, 2.24) is 0 Å². The molecule has 4 N–H and O–H groups in total. The molecule has 0 aromatic carbocycles. The molecule has 1 aromatic heterocycles. The van der Waals surface area contributed by atoms with E-state index in [-0.39, 0.29) is 5.91 Å². The third-order valence-corrected chi connectivity index (χ3v) is 7.77. The minimum absolute atomic E-state index is 0.0346. The first kappa shape index (κ1) is 18.0. The van der Waals surface area contributed by atoms with Crippen LogP contribution in [0, 0.1) is 5.92 Å². The second kappa shape index (κ2) is 7.69. The number of hydrogen-bond acceptors (Lipinski definition) is 3. The third-order valence-electron chi connectivity index (χ3n) is 6.56. The van der Waals surface area contributed by atoms with E-state index in [4.69, 9.17) is 5.73 Å². The van der Waals surface area contributed by atoms with E-state index in [0.717, 1.165) is 43.7 Å². The molecule has 3 atom stereocenters. The number of fused-ring (bicyclic) bond motifs is 2. The van der Waals surface area contributed by atoms with E-state index < -0.39 is 5.91 Å². The van der Waals surface area contributed by atoms with Gasteiger partial charge in [0.15, 0.2) is 6.54 Å². The number of nitrogens with one attached hydrogen (secondary N) is 2. The summed E-state index contributed by atoms with van der Waals surface area (Å²) in [6.07, 6.45) is 11.9. The fraction of sp³-hybridized carbons (Fsp3) is 0.700. The van der Waals surface area contributed by atoms with E-state index in [2.05, 4.69) is 5.32 Å². The zero-order chi connectivity index (χ0) is 18.1. The molecule has 1 aliphatic heterocycles. The average Bonchev–Trinajstić information content (AvgIpc) is 2.99. The lowest BCUT2D eigenvalue weighted by atomic mass is 9.78. The molecule has 1 saturated heterocycles. The minimum atomic E-state index is -0.405. The van der Waals surface area contributed by atoms with Crippen LogP contribution in [0.1, 0.15) is 72.2 Å². The highest BCUT2D eigenvalue weighted by Crippen LogP contribution is 2.37. The molecule has 0 spiro atoms. The number of aryl methyl sites for hydroxylation is 1. The number of carbonyl (C=O) groups is 2. The predicted octanol–water partition coefficient (Wildman–Crippen LogP) is 1.90. The van der Waals surface area contributed by atoms with Gasteiger partial charge in [0.25, 0.3) is 11.8 Å². The van der Waals surface area contributed by atoms with Crippen LogP contribution in [-0.4, -0.2) is 30.9 Å². The van der Waals surface area contributed by atoms with Crippen LogP contribution < -0.4 is 16.0 Å². The lowest BCUT2D eigenvalue weighted by molar-refractivity contribution is -0.928. The molecule has 1 unspecified atom stereocenters. The SMILES string of the molecule is NC(=O)c1c(NC(=O)C[NH+]2CCC[C@H]3CCCC[C@@H]32)sc2c1CCCC2. The summed E-state index contributed by atoms with van der Waals surface area (Å²) < 4.78 is 0. The van der Waals surface area contributed by atoms with Gasteiger partial charge in [-0.25, -0.2) is 0 Å². The van der Waals surface area contributed by atoms with Crippen molar-refractivity contribution in [2.75, 3.05) is 18.4 Å². The Balaban J connectivity index is 1.46. The van der Waals surface area contributed by atoms with Gasteiger partial charge in [-0.2, -0.15) is 0 Å². The summed E-state index contributed by atoms with van der Waals surface area (Å²) in [5.41, 5.74) is 7.30. The number of primary amides is 1. The Morgan fingerprint density at radius 2 is 1.85 bits per heavy atom. The lowest BCUT2D eigenvalue weighted by Crippen LogP contribution is -3.18. The van der Waals surface area contributed by atoms with Crippen LogP contribution in [0.2, 0.25) is 0 Å². The van der Waals surface area contributed by atoms with E-state index in [9.17, 15) is 9.59 Å². The largest absolute Gasteiger partial charge is 0.365 e. The summed E-state index contributed by atoms with van der Waals surface area (Å²) in [4.78, 5) is 27.4. The summed E-state index contributed by atoms with van der Waals surface area (Å²) in [6.45, 7) is 1.61. The topological polar surface area (TPSA) is 76.6 Å². The van der Waals surface area contributed by atoms with Crippen molar-refractivity contribution in [2.24, 2.45) is 11.7 Å². The molecule has 2 heterocycles.